The van der Waals surface area contributed by atoms with Gasteiger partial charge < -0.3 is 15.1 Å². The zero-order chi connectivity index (χ0) is 24.2. The lowest BCUT2D eigenvalue weighted by Crippen LogP contribution is -2.34. The highest BCUT2D eigenvalue weighted by atomic mass is 35.5. The van der Waals surface area contributed by atoms with Gasteiger partial charge in [-0.2, -0.15) is 13.2 Å². The van der Waals surface area contributed by atoms with Crippen molar-refractivity contribution in [2.45, 2.75) is 26.6 Å². The fraction of sp³-hybridized carbons (Fsp3) is 0.174. The molecule has 10 heteroatoms. The van der Waals surface area contributed by atoms with E-state index in [0.717, 1.165) is 23.3 Å². The van der Waals surface area contributed by atoms with E-state index in [0.29, 0.717) is 11.4 Å². The average Bonchev–Trinajstić information content (AvgIpc) is 3.21. The summed E-state index contributed by atoms with van der Waals surface area (Å²) in [6, 6.07) is 11.7. The Morgan fingerprint density at radius 2 is 1.79 bits per heavy atom. The Kier molecular flexibility index (Phi) is 7.23. The van der Waals surface area contributed by atoms with Crippen LogP contribution in [-0.2, 0) is 22.3 Å². The molecule has 6 nitrogen and oxygen atoms in total. The van der Waals surface area contributed by atoms with Gasteiger partial charge in [0, 0.05) is 5.69 Å². The van der Waals surface area contributed by atoms with Crippen LogP contribution < -0.4 is 10.6 Å². The molecule has 0 saturated heterocycles. The van der Waals surface area contributed by atoms with E-state index >= 15 is 0 Å². The second-order valence-electron chi connectivity index (χ2n) is 7.16. The zero-order valence-electron chi connectivity index (χ0n) is 17.6. The molecule has 2 aromatic carbocycles. The fourth-order valence-electron chi connectivity index (χ4n) is 2.76. The van der Waals surface area contributed by atoms with Gasteiger partial charge in [0.05, 0.1) is 29.0 Å². The Bertz CT molecular complexity index is 1220. The van der Waals surface area contributed by atoms with E-state index < -0.39 is 28.6 Å². The number of furan rings is 1. The highest BCUT2D eigenvalue weighted by Gasteiger charge is 2.33. The molecule has 0 saturated carbocycles. The molecule has 1 heterocycles. The molecule has 3 rings (SSSR count). The SMILES string of the molecule is Cc1ccc(NC(=O)C(=O)NCc2ccc(C=Nc3ccc(Cl)c(C(F)(F)F)c3)o2)cc1C. The molecule has 0 radical (unpaired) electrons. The number of nitrogens with zero attached hydrogens (tertiary/aromatic N) is 1. The molecule has 0 aliphatic rings. The first-order valence-electron chi connectivity index (χ1n) is 9.69. The van der Waals surface area contributed by atoms with Crippen LogP contribution in [0, 0.1) is 13.8 Å². The summed E-state index contributed by atoms with van der Waals surface area (Å²) in [5.41, 5.74) is 1.60. The third kappa shape index (κ3) is 6.45. The first kappa shape index (κ1) is 24.1. The Balaban J connectivity index is 1.57. The number of amides is 2. The predicted molar refractivity (Wildman–Crippen MR) is 119 cm³/mol. The topological polar surface area (TPSA) is 83.7 Å². The summed E-state index contributed by atoms with van der Waals surface area (Å²) in [6.45, 7) is 3.77. The number of hydrogen-bond donors (Lipinski definition) is 2. The minimum atomic E-state index is -4.59. The highest BCUT2D eigenvalue weighted by Crippen LogP contribution is 2.36. The van der Waals surface area contributed by atoms with Crippen LogP contribution >= 0.6 is 11.6 Å². The van der Waals surface area contributed by atoms with Crippen LogP contribution in [0.3, 0.4) is 0 Å². The summed E-state index contributed by atoms with van der Waals surface area (Å²) in [6.07, 6.45) is -3.36. The smallest absolute Gasteiger partial charge is 0.417 e. The number of carbonyl (C=O) groups excluding carboxylic acids is 2. The van der Waals surface area contributed by atoms with Crippen molar-refractivity contribution in [2.24, 2.45) is 4.99 Å². The molecule has 0 bridgehead atoms. The van der Waals surface area contributed by atoms with E-state index in [9.17, 15) is 22.8 Å². The van der Waals surface area contributed by atoms with Crippen molar-refractivity contribution >= 4 is 41.0 Å². The van der Waals surface area contributed by atoms with Gasteiger partial charge in [-0.25, -0.2) is 0 Å². The van der Waals surface area contributed by atoms with Gasteiger partial charge in [0.2, 0.25) is 0 Å². The van der Waals surface area contributed by atoms with Gasteiger partial charge in [0.25, 0.3) is 0 Å². The minimum absolute atomic E-state index is 0.0426. The Labute approximate surface area is 192 Å². The first-order chi connectivity index (χ1) is 15.5. The van der Waals surface area contributed by atoms with Gasteiger partial charge in [0.15, 0.2) is 0 Å². The van der Waals surface area contributed by atoms with Gasteiger partial charge in [-0.15, -0.1) is 0 Å². The number of nitrogens with one attached hydrogen (secondary N) is 2. The van der Waals surface area contributed by atoms with E-state index in [1.54, 1.807) is 18.2 Å². The van der Waals surface area contributed by atoms with Gasteiger partial charge in [0.1, 0.15) is 11.5 Å². The number of carbonyl (C=O) groups is 2. The van der Waals surface area contributed by atoms with Crippen molar-refractivity contribution in [3.05, 3.63) is 81.8 Å². The molecule has 1 aromatic heterocycles. The maximum Gasteiger partial charge on any atom is 0.417 e. The molecular formula is C23H19ClF3N3O3. The van der Waals surface area contributed by atoms with Crippen LogP contribution in [0.1, 0.15) is 28.2 Å². The Morgan fingerprint density at radius 3 is 2.48 bits per heavy atom. The fourth-order valence-corrected chi connectivity index (χ4v) is 2.99. The predicted octanol–water partition coefficient (Wildman–Crippen LogP) is 5.57. The van der Waals surface area contributed by atoms with Crippen molar-refractivity contribution in [3.8, 4) is 0 Å². The average molecular weight is 478 g/mol. The van der Waals surface area contributed by atoms with Crippen molar-refractivity contribution in [3.63, 3.8) is 0 Å². The van der Waals surface area contributed by atoms with Gasteiger partial charge >= 0.3 is 18.0 Å². The molecular weight excluding hydrogens is 459 g/mol. The van der Waals surface area contributed by atoms with Crippen LogP contribution in [0.5, 0.6) is 0 Å². The van der Waals surface area contributed by atoms with Gasteiger partial charge in [-0.1, -0.05) is 17.7 Å². The summed E-state index contributed by atoms with van der Waals surface area (Å²) < 4.78 is 44.3. The van der Waals surface area contributed by atoms with Crippen molar-refractivity contribution in [1.82, 2.24) is 5.32 Å². The van der Waals surface area contributed by atoms with E-state index in [1.807, 2.05) is 19.9 Å². The number of hydrogen-bond acceptors (Lipinski definition) is 4. The lowest BCUT2D eigenvalue weighted by atomic mass is 10.1. The lowest BCUT2D eigenvalue weighted by Gasteiger charge is -2.08. The molecule has 0 unspecified atom stereocenters. The zero-order valence-corrected chi connectivity index (χ0v) is 18.3. The van der Waals surface area contributed by atoms with Gasteiger partial charge in [-0.3, -0.25) is 14.6 Å². The second-order valence-corrected chi connectivity index (χ2v) is 7.57. The molecule has 3 aromatic rings. The van der Waals surface area contributed by atoms with E-state index in [-0.39, 0.29) is 18.0 Å². The lowest BCUT2D eigenvalue weighted by molar-refractivity contribution is -0.137. The number of halogens is 4. The summed E-state index contributed by atoms with van der Waals surface area (Å²) >= 11 is 5.59. The number of anilines is 1. The summed E-state index contributed by atoms with van der Waals surface area (Å²) in [5.74, 6) is -1.09. The van der Waals surface area contributed by atoms with Gasteiger partial charge in [-0.05, 0) is 67.4 Å². The van der Waals surface area contributed by atoms with Crippen LogP contribution in [0.25, 0.3) is 0 Å². The molecule has 172 valence electrons. The van der Waals surface area contributed by atoms with E-state index in [1.165, 1.54) is 18.3 Å². The number of benzene rings is 2. The van der Waals surface area contributed by atoms with Crippen LogP contribution in [0.4, 0.5) is 24.5 Å². The van der Waals surface area contributed by atoms with Crippen LogP contribution in [-0.4, -0.2) is 18.0 Å². The Hall–Kier alpha value is -3.59. The summed E-state index contributed by atoms with van der Waals surface area (Å²) in [7, 11) is 0. The van der Waals surface area contributed by atoms with E-state index in [2.05, 4.69) is 15.6 Å². The number of aliphatic imine (C=N–C) groups is 1. The second kappa shape index (κ2) is 9.91. The van der Waals surface area contributed by atoms with Crippen molar-refractivity contribution < 1.29 is 27.2 Å². The summed E-state index contributed by atoms with van der Waals surface area (Å²) in [5, 5.41) is 4.53. The molecule has 0 atom stereocenters. The normalized spacial score (nSPS) is 11.6. The standard InChI is InChI=1S/C23H19ClF3N3O3/c1-13-3-4-16(9-14(13)2)30-22(32)21(31)29-12-18-7-6-17(33-18)11-28-15-5-8-20(24)19(10-15)23(25,26)27/h3-11H,12H2,1-2H3,(H,29,31)(H,30,32). The molecule has 2 N–H and O–H groups in total. The third-order valence-electron chi connectivity index (χ3n) is 4.67. The maximum atomic E-state index is 12.9. The minimum Gasteiger partial charge on any atom is -0.458 e. The maximum absolute atomic E-state index is 12.9. The van der Waals surface area contributed by atoms with Crippen molar-refractivity contribution in [2.75, 3.05) is 5.32 Å². The quantitative estimate of drug-likeness (QED) is 0.372. The number of alkyl halides is 3. The number of rotatable bonds is 5. The number of aryl methyl sites for hydroxylation is 2. The Morgan fingerprint density at radius 1 is 1.03 bits per heavy atom. The molecule has 0 spiro atoms. The largest absolute Gasteiger partial charge is 0.458 e. The molecule has 0 aliphatic carbocycles. The third-order valence-corrected chi connectivity index (χ3v) is 5.00. The molecule has 0 aliphatic heterocycles. The monoisotopic (exact) mass is 477 g/mol. The molecule has 2 amide bonds. The molecule has 0 fully saturated rings. The van der Waals surface area contributed by atoms with Crippen LogP contribution in [0.15, 0.2) is 57.9 Å². The van der Waals surface area contributed by atoms with E-state index in [4.69, 9.17) is 16.0 Å². The molecule has 33 heavy (non-hydrogen) atoms. The highest BCUT2D eigenvalue weighted by molar-refractivity contribution is 6.39. The summed E-state index contributed by atoms with van der Waals surface area (Å²) in [4.78, 5) is 28.0. The van der Waals surface area contributed by atoms with Crippen molar-refractivity contribution in [1.29, 1.82) is 0 Å². The van der Waals surface area contributed by atoms with Crippen LogP contribution in [0.2, 0.25) is 5.02 Å². The first-order valence-corrected chi connectivity index (χ1v) is 10.1.